The van der Waals surface area contributed by atoms with E-state index in [1.54, 1.807) is 13.2 Å². The number of ether oxygens (including phenoxy) is 1. The Morgan fingerprint density at radius 2 is 1.93 bits per heavy atom. The molecule has 1 amide bonds. The lowest BCUT2D eigenvalue weighted by Gasteiger charge is -2.42. The van der Waals surface area contributed by atoms with Gasteiger partial charge in [-0.15, -0.1) is 0 Å². The zero-order valence-electron chi connectivity index (χ0n) is 17.8. The summed E-state index contributed by atoms with van der Waals surface area (Å²) in [5, 5.41) is 3.36. The van der Waals surface area contributed by atoms with Crippen molar-refractivity contribution >= 4 is 34.8 Å². The van der Waals surface area contributed by atoms with Crippen LogP contribution in [0.25, 0.3) is 0 Å². The predicted octanol–water partition coefficient (Wildman–Crippen LogP) is 4.35. The van der Waals surface area contributed by atoms with Crippen molar-refractivity contribution in [2.75, 3.05) is 44.8 Å². The highest BCUT2D eigenvalue weighted by Crippen LogP contribution is 2.36. The van der Waals surface area contributed by atoms with Crippen LogP contribution in [0.5, 0.6) is 0 Å². The van der Waals surface area contributed by atoms with Crippen molar-refractivity contribution in [3.8, 4) is 0 Å². The lowest BCUT2D eigenvalue weighted by atomic mass is 9.84. The Labute approximate surface area is 188 Å². The summed E-state index contributed by atoms with van der Waals surface area (Å²) in [5.74, 6) is 0.222. The van der Waals surface area contributed by atoms with Crippen LogP contribution in [-0.4, -0.2) is 62.8 Å². The van der Waals surface area contributed by atoms with E-state index in [4.69, 9.17) is 27.9 Å². The molecule has 1 aliphatic carbocycles. The molecule has 2 fully saturated rings. The van der Waals surface area contributed by atoms with E-state index in [0.717, 1.165) is 63.5 Å². The minimum atomic E-state index is -0.482. The van der Waals surface area contributed by atoms with Crippen molar-refractivity contribution < 1.29 is 13.9 Å². The molecule has 1 heterocycles. The number of anilines is 1. The van der Waals surface area contributed by atoms with Crippen LogP contribution in [0.3, 0.4) is 0 Å². The molecule has 0 aromatic heterocycles. The number of hydrogen-bond donors (Lipinski definition) is 1. The molecule has 5 nitrogen and oxygen atoms in total. The molecular weight excluding hydrogens is 428 g/mol. The number of nitrogens with zero attached hydrogens (tertiary/aromatic N) is 2. The van der Waals surface area contributed by atoms with Crippen LogP contribution in [0, 0.1) is 11.7 Å². The molecule has 1 saturated carbocycles. The van der Waals surface area contributed by atoms with E-state index in [1.165, 1.54) is 12.5 Å². The summed E-state index contributed by atoms with van der Waals surface area (Å²) in [6.45, 7) is 6.15. The molecule has 1 N–H and O–H groups in total. The van der Waals surface area contributed by atoms with Gasteiger partial charge in [-0.2, -0.15) is 0 Å². The largest absolute Gasteiger partial charge is 0.375 e. The molecule has 1 aromatic carbocycles. The highest BCUT2D eigenvalue weighted by atomic mass is 35.5. The van der Waals surface area contributed by atoms with Crippen LogP contribution in [0.4, 0.5) is 10.1 Å². The number of carbonyl (C=O) groups excluding carboxylic acids is 1. The first-order valence-electron chi connectivity index (χ1n) is 10.8. The van der Waals surface area contributed by atoms with Gasteiger partial charge in [0.25, 0.3) is 0 Å². The first-order valence-corrected chi connectivity index (χ1v) is 11.6. The van der Waals surface area contributed by atoms with Gasteiger partial charge in [-0.05, 0) is 63.6 Å². The lowest BCUT2D eigenvalue weighted by Crippen LogP contribution is -2.52. The van der Waals surface area contributed by atoms with E-state index in [0.29, 0.717) is 11.1 Å². The fourth-order valence-corrected chi connectivity index (χ4v) is 5.11. The van der Waals surface area contributed by atoms with E-state index in [9.17, 15) is 9.18 Å². The molecule has 30 heavy (non-hydrogen) atoms. The molecule has 1 saturated heterocycles. The fraction of sp³-hybridized carbons (Fsp3) is 0.682. The second-order valence-corrected chi connectivity index (χ2v) is 9.30. The summed E-state index contributed by atoms with van der Waals surface area (Å²) in [6, 6.07) is 3.68. The summed E-state index contributed by atoms with van der Waals surface area (Å²) in [6.07, 6.45) is 5.62. The highest BCUT2D eigenvalue weighted by molar-refractivity contribution is 6.43. The Kier molecular flexibility index (Phi) is 8.63. The van der Waals surface area contributed by atoms with E-state index in [-0.39, 0.29) is 23.6 Å². The molecule has 0 spiro atoms. The van der Waals surface area contributed by atoms with Gasteiger partial charge in [0.1, 0.15) is 12.4 Å². The van der Waals surface area contributed by atoms with Crippen molar-refractivity contribution in [3.63, 3.8) is 0 Å². The molecule has 3 rings (SSSR count). The maximum Gasteiger partial charge on any atom is 0.246 e. The van der Waals surface area contributed by atoms with E-state index >= 15 is 0 Å². The van der Waals surface area contributed by atoms with Gasteiger partial charge in [-0.25, -0.2) is 4.39 Å². The third-order valence-electron chi connectivity index (χ3n) is 6.38. The SMILES string of the molecule is COCC(=O)NC1CCC(CCN2CCN(c3ccc(F)c(Cl)c3Cl)[C@H](C)C2)CC1. The van der Waals surface area contributed by atoms with Crippen LogP contribution in [-0.2, 0) is 9.53 Å². The molecule has 1 aliphatic heterocycles. The predicted molar refractivity (Wildman–Crippen MR) is 120 cm³/mol. The van der Waals surface area contributed by atoms with Gasteiger partial charge in [0.15, 0.2) is 0 Å². The van der Waals surface area contributed by atoms with Crippen LogP contribution < -0.4 is 10.2 Å². The van der Waals surface area contributed by atoms with Gasteiger partial charge in [0, 0.05) is 38.8 Å². The molecule has 8 heteroatoms. The number of nitrogens with one attached hydrogen (secondary N) is 1. The molecule has 168 valence electrons. The number of amides is 1. The van der Waals surface area contributed by atoms with Gasteiger partial charge < -0.3 is 15.0 Å². The molecule has 0 bridgehead atoms. The number of rotatable bonds is 7. The van der Waals surface area contributed by atoms with Crippen molar-refractivity contribution in [2.45, 2.75) is 51.1 Å². The molecule has 2 aliphatic rings. The average molecular weight is 460 g/mol. The van der Waals surface area contributed by atoms with E-state index < -0.39 is 5.82 Å². The van der Waals surface area contributed by atoms with Crippen molar-refractivity contribution in [2.24, 2.45) is 5.92 Å². The first kappa shape index (κ1) is 23.6. The Hall–Kier alpha value is -1.08. The lowest BCUT2D eigenvalue weighted by molar-refractivity contribution is -0.125. The van der Waals surface area contributed by atoms with Crippen molar-refractivity contribution in [1.29, 1.82) is 0 Å². The Bertz CT molecular complexity index is 729. The van der Waals surface area contributed by atoms with Gasteiger partial charge in [0.2, 0.25) is 5.91 Å². The second-order valence-electron chi connectivity index (χ2n) is 8.54. The Morgan fingerprint density at radius 1 is 1.20 bits per heavy atom. The van der Waals surface area contributed by atoms with E-state index in [1.807, 2.05) is 0 Å². The van der Waals surface area contributed by atoms with E-state index in [2.05, 4.69) is 22.0 Å². The second kappa shape index (κ2) is 11.0. The third kappa shape index (κ3) is 6.00. The molecule has 0 radical (unpaired) electrons. The van der Waals surface area contributed by atoms with Crippen molar-refractivity contribution in [3.05, 3.63) is 28.0 Å². The number of benzene rings is 1. The summed E-state index contributed by atoms with van der Waals surface area (Å²) in [4.78, 5) is 16.4. The molecule has 1 atom stereocenters. The number of methoxy groups -OCH3 is 1. The standard InChI is InChI=1S/C22H32Cl2FN3O2/c1-15-13-27(11-12-28(15)19-8-7-18(25)21(23)22(19)24)10-9-16-3-5-17(6-4-16)26-20(29)14-30-2/h7-8,15-17H,3-6,9-14H2,1-2H3,(H,26,29)/t15-,16?,17?/m1/s1. The van der Waals surface area contributed by atoms with Crippen LogP contribution >= 0.6 is 23.2 Å². The van der Waals surface area contributed by atoms with Gasteiger partial charge in [-0.3, -0.25) is 9.69 Å². The first-order chi connectivity index (χ1) is 14.4. The Morgan fingerprint density at radius 3 is 2.60 bits per heavy atom. The number of piperazine rings is 1. The highest BCUT2D eigenvalue weighted by Gasteiger charge is 2.28. The van der Waals surface area contributed by atoms with Gasteiger partial charge in [-0.1, -0.05) is 23.2 Å². The normalized spacial score (nSPS) is 25.4. The van der Waals surface area contributed by atoms with Crippen LogP contribution in [0.2, 0.25) is 10.0 Å². The zero-order valence-corrected chi connectivity index (χ0v) is 19.3. The van der Waals surface area contributed by atoms with Gasteiger partial charge in [0.05, 0.1) is 15.7 Å². The topological polar surface area (TPSA) is 44.8 Å². The van der Waals surface area contributed by atoms with Crippen LogP contribution in [0.15, 0.2) is 12.1 Å². The average Bonchev–Trinajstić information content (AvgIpc) is 2.72. The van der Waals surface area contributed by atoms with Crippen LogP contribution in [0.1, 0.15) is 39.0 Å². The monoisotopic (exact) mass is 459 g/mol. The summed E-state index contributed by atoms with van der Waals surface area (Å²) >= 11 is 12.3. The minimum Gasteiger partial charge on any atom is -0.375 e. The van der Waals surface area contributed by atoms with Gasteiger partial charge >= 0.3 is 0 Å². The third-order valence-corrected chi connectivity index (χ3v) is 7.23. The number of hydrogen-bond acceptors (Lipinski definition) is 4. The number of carbonyl (C=O) groups is 1. The minimum absolute atomic E-state index is 0.00203. The molecular formula is C22H32Cl2FN3O2. The molecule has 0 unspecified atom stereocenters. The summed E-state index contributed by atoms with van der Waals surface area (Å²) in [5.41, 5.74) is 0.809. The van der Waals surface area contributed by atoms with Crippen molar-refractivity contribution in [1.82, 2.24) is 10.2 Å². The summed E-state index contributed by atoms with van der Waals surface area (Å²) < 4.78 is 18.5. The summed E-state index contributed by atoms with van der Waals surface area (Å²) in [7, 11) is 1.54. The number of halogens is 3. The smallest absolute Gasteiger partial charge is 0.246 e. The zero-order chi connectivity index (χ0) is 21.7. The Balaban J connectivity index is 1.42. The quantitative estimate of drug-likeness (QED) is 0.615. The maximum absolute atomic E-state index is 13.6. The maximum atomic E-state index is 13.6. The molecule has 1 aromatic rings. The fourth-order valence-electron chi connectivity index (χ4n) is 4.69.